The number of hydrogen-bond acceptors (Lipinski definition) is 3. The van der Waals surface area contributed by atoms with Crippen LogP contribution in [0.1, 0.15) is 31.8 Å². The molecule has 0 atom stereocenters. The molecule has 5 aromatic carbocycles. The first-order valence-corrected chi connectivity index (χ1v) is 11.5. The minimum Gasteiger partial charge on any atom is -0.508 e. The lowest BCUT2D eigenvalue weighted by Gasteiger charge is -2.11. The van der Waals surface area contributed by atoms with Crippen molar-refractivity contribution in [3.05, 3.63) is 149 Å². The number of benzene rings is 5. The fourth-order valence-electron chi connectivity index (χ4n) is 4.10. The first-order chi connectivity index (χ1) is 17.9. The number of ketones is 2. The van der Waals surface area contributed by atoms with E-state index in [4.69, 9.17) is 0 Å². The molecule has 0 unspecified atom stereocenters. The molecule has 0 aromatic heterocycles. The molecule has 0 spiro atoms. The van der Waals surface area contributed by atoms with E-state index in [9.17, 15) is 23.5 Å². The van der Waals surface area contributed by atoms with Crippen molar-refractivity contribution in [3.63, 3.8) is 0 Å². The van der Waals surface area contributed by atoms with Crippen LogP contribution in [0, 0.1) is 11.6 Å². The smallest absolute Gasteiger partial charge is 0.193 e. The van der Waals surface area contributed by atoms with Crippen LogP contribution in [0.25, 0.3) is 22.3 Å². The molecule has 180 valence electrons. The van der Waals surface area contributed by atoms with Gasteiger partial charge in [0.15, 0.2) is 11.6 Å². The largest absolute Gasteiger partial charge is 0.508 e. The minimum atomic E-state index is -0.453. The monoisotopic (exact) mass is 490 g/mol. The highest BCUT2D eigenvalue weighted by Crippen LogP contribution is 2.29. The zero-order valence-corrected chi connectivity index (χ0v) is 19.5. The van der Waals surface area contributed by atoms with Gasteiger partial charge in [0, 0.05) is 22.3 Å². The summed E-state index contributed by atoms with van der Waals surface area (Å²) in [5.74, 6) is -1.43. The molecule has 0 saturated carbocycles. The van der Waals surface area contributed by atoms with Gasteiger partial charge < -0.3 is 5.11 Å². The highest BCUT2D eigenvalue weighted by atomic mass is 19.1. The maximum Gasteiger partial charge on any atom is 0.193 e. The predicted molar refractivity (Wildman–Crippen MR) is 139 cm³/mol. The molecule has 0 amide bonds. The minimum absolute atomic E-state index is 0.182. The quantitative estimate of drug-likeness (QED) is 0.251. The Labute approximate surface area is 212 Å². The van der Waals surface area contributed by atoms with Gasteiger partial charge in [0.2, 0.25) is 0 Å². The molecule has 0 bridgehead atoms. The van der Waals surface area contributed by atoms with Gasteiger partial charge in [-0.3, -0.25) is 9.59 Å². The Kier molecular flexibility index (Phi) is 6.43. The molecule has 0 heterocycles. The first-order valence-electron chi connectivity index (χ1n) is 11.5. The molecule has 0 radical (unpaired) electrons. The zero-order chi connectivity index (χ0) is 25.9. The average Bonchev–Trinajstić information content (AvgIpc) is 2.93. The highest BCUT2D eigenvalue weighted by molar-refractivity contribution is 6.14. The Morgan fingerprint density at radius 3 is 1.19 bits per heavy atom. The van der Waals surface area contributed by atoms with Crippen LogP contribution in [0.3, 0.4) is 0 Å². The van der Waals surface area contributed by atoms with Crippen molar-refractivity contribution in [2.75, 3.05) is 0 Å². The molecule has 0 fully saturated rings. The third kappa shape index (κ3) is 5.21. The molecule has 5 aromatic rings. The summed E-state index contributed by atoms with van der Waals surface area (Å²) in [5.41, 5.74) is 4.43. The second kappa shape index (κ2) is 9.99. The lowest BCUT2D eigenvalue weighted by Crippen LogP contribution is -2.07. The maximum atomic E-state index is 13.4. The van der Waals surface area contributed by atoms with E-state index in [1.54, 1.807) is 24.3 Å². The molecular weight excluding hydrogens is 470 g/mol. The number of hydrogen-bond donors (Lipinski definition) is 1. The SMILES string of the molecule is O=C(c1ccc(F)cc1)c1cc(C(=O)c2ccc(F)cc2)cc(-c2ccc(-c3ccc(O)cc3)cc2)c1. The molecule has 0 saturated heterocycles. The van der Waals surface area contributed by atoms with Crippen molar-refractivity contribution >= 4 is 11.6 Å². The van der Waals surface area contributed by atoms with Crippen molar-refractivity contribution in [1.82, 2.24) is 0 Å². The van der Waals surface area contributed by atoms with Crippen LogP contribution < -0.4 is 0 Å². The van der Waals surface area contributed by atoms with Crippen LogP contribution in [0.4, 0.5) is 8.78 Å². The Morgan fingerprint density at radius 1 is 0.432 bits per heavy atom. The molecule has 5 heteroatoms. The fraction of sp³-hybridized carbons (Fsp3) is 0. The third-order valence-electron chi connectivity index (χ3n) is 6.09. The van der Waals surface area contributed by atoms with Crippen LogP contribution in [0.15, 0.2) is 115 Å². The number of rotatable bonds is 6. The van der Waals surface area contributed by atoms with Crippen LogP contribution in [0.5, 0.6) is 5.75 Å². The summed E-state index contributed by atoms with van der Waals surface area (Å²) in [5, 5.41) is 9.54. The number of phenolic OH excluding ortho intramolecular Hbond substituents is 1. The van der Waals surface area contributed by atoms with Crippen molar-refractivity contribution in [2.45, 2.75) is 0 Å². The second-order valence-corrected chi connectivity index (χ2v) is 8.60. The van der Waals surface area contributed by atoms with Crippen LogP contribution in [-0.4, -0.2) is 16.7 Å². The molecule has 0 aliphatic rings. The molecule has 3 nitrogen and oxygen atoms in total. The summed E-state index contributed by atoms with van der Waals surface area (Å²) in [6.45, 7) is 0. The Bertz CT molecular complexity index is 1510. The van der Waals surface area contributed by atoms with Gasteiger partial charge in [-0.05, 0) is 101 Å². The van der Waals surface area contributed by atoms with E-state index in [1.165, 1.54) is 54.6 Å². The summed E-state index contributed by atoms with van der Waals surface area (Å²) < 4.78 is 26.8. The lowest BCUT2D eigenvalue weighted by molar-refractivity contribution is 0.103. The summed E-state index contributed by atoms with van der Waals surface area (Å²) in [6.07, 6.45) is 0. The second-order valence-electron chi connectivity index (χ2n) is 8.60. The van der Waals surface area contributed by atoms with E-state index < -0.39 is 11.6 Å². The van der Waals surface area contributed by atoms with Gasteiger partial charge in [-0.1, -0.05) is 36.4 Å². The Balaban J connectivity index is 1.57. The molecule has 37 heavy (non-hydrogen) atoms. The highest BCUT2D eigenvalue weighted by Gasteiger charge is 2.17. The number of aromatic hydroxyl groups is 1. The normalized spacial score (nSPS) is 10.8. The summed E-state index contributed by atoms with van der Waals surface area (Å²) in [4.78, 5) is 26.5. The number of phenols is 1. The van der Waals surface area contributed by atoms with Crippen molar-refractivity contribution in [3.8, 4) is 28.0 Å². The summed E-state index contributed by atoms with van der Waals surface area (Å²) >= 11 is 0. The van der Waals surface area contributed by atoms with Crippen LogP contribution in [0.2, 0.25) is 0 Å². The van der Waals surface area contributed by atoms with Gasteiger partial charge in [-0.2, -0.15) is 0 Å². The number of carbonyl (C=O) groups is 2. The van der Waals surface area contributed by atoms with E-state index in [2.05, 4.69) is 0 Å². The lowest BCUT2D eigenvalue weighted by atomic mass is 9.92. The topological polar surface area (TPSA) is 54.4 Å². The predicted octanol–water partition coefficient (Wildman–Crippen LogP) is 7.47. The molecule has 5 rings (SSSR count). The van der Waals surface area contributed by atoms with E-state index in [0.29, 0.717) is 16.7 Å². The Morgan fingerprint density at radius 2 is 0.784 bits per heavy atom. The van der Waals surface area contributed by atoms with Crippen molar-refractivity contribution < 1.29 is 23.5 Å². The number of carbonyl (C=O) groups excluding carboxylic acids is 2. The number of halogens is 2. The first kappa shape index (κ1) is 23.8. The van der Waals surface area contributed by atoms with Gasteiger partial charge in [0.05, 0.1) is 0 Å². The van der Waals surface area contributed by atoms with Crippen molar-refractivity contribution in [1.29, 1.82) is 0 Å². The Hall–Kier alpha value is -4.90. The summed E-state index contributed by atoms with van der Waals surface area (Å²) in [7, 11) is 0. The van der Waals surface area contributed by atoms with Crippen LogP contribution >= 0.6 is 0 Å². The standard InChI is InChI=1S/C32H20F2O3/c33-28-11-5-23(6-12-28)31(36)26-17-25(18-27(19-26)32(37)24-7-13-29(34)14-8-24)22-3-1-20(2-4-22)21-9-15-30(35)16-10-21/h1-19,35H. The maximum absolute atomic E-state index is 13.4. The molecular formula is C32H20F2O3. The van der Waals surface area contributed by atoms with Gasteiger partial charge in [0.1, 0.15) is 17.4 Å². The van der Waals surface area contributed by atoms with Gasteiger partial charge in [0.25, 0.3) is 0 Å². The van der Waals surface area contributed by atoms with Gasteiger partial charge >= 0.3 is 0 Å². The average molecular weight is 491 g/mol. The van der Waals surface area contributed by atoms with E-state index in [1.807, 2.05) is 36.4 Å². The van der Waals surface area contributed by atoms with Gasteiger partial charge in [-0.15, -0.1) is 0 Å². The van der Waals surface area contributed by atoms with E-state index >= 15 is 0 Å². The third-order valence-corrected chi connectivity index (χ3v) is 6.09. The van der Waals surface area contributed by atoms with Crippen LogP contribution in [-0.2, 0) is 0 Å². The summed E-state index contributed by atoms with van der Waals surface area (Å²) in [6, 6.07) is 29.8. The van der Waals surface area contributed by atoms with Crippen molar-refractivity contribution in [2.24, 2.45) is 0 Å². The van der Waals surface area contributed by atoms with E-state index in [-0.39, 0.29) is 28.4 Å². The molecule has 1 N–H and O–H groups in total. The molecule has 0 aliphatic heterocycles. The molecule has 0 aliphatic carbocycles. The fourth-order valence-corrected chi connectivity index (χ4v) is 4.10. The zero-order valence-electron chi connectivity index (χ0n) is 19.5. The van der Waals surface area contributed by atoms with Gasteiger partial charge in [-0.25, -0.2) is 8.78 Å². The van der Waals surface area contributed by atoms with E-state index in [0.717, 1.165) is 16.7 Å².